The van der Waals surface area contributed by atoms with E-state index < -0.39 is 52.4 Å². The van der Waals surface area contributed by atoms with Crippen LogP contribution in [0.25, 0.3) is 16.9 Å². The summed E-state index contributed by atoms with van der Waals surface area (Å²) in [7, 11) is 0. The van der Waals surface area contributed by atoms with Crippen molar-refractivity contribution in [1.29, 1.82) is 0 Å². The van der Waals surface area contributed by atoms with Gasteiger partial charge in [-0.25, -0.2) is 27.1 Å². The maximum absolute atomic E-state index is 15.3. The Bertz CT molecular complexity index is 1610. The van der Waals surface area contributed by atoms with Gasteiger partial charge in [0.1, 0.15) is 17.1 Å². The van der Waals surface area contributed by atoms with Gasteiger partial charge in [0.2, 0.25) is 0 Å². The third kappa shape index (κ3) is 5.50. The van der Waals surface area contributed by atoms with E-state index in [1.807, 2.05) is 13.8 Å². The minimum Gasteiger partial charge on any atom is -0.336 e. The van der Waals surface area contributed by atoms with Crippen LogP contribution in [0.1, 0.15) is 46.9 Å². The number of rotatable bonds is 5. The molecule has 1 saturated heterocycles. The molecule has 6 nitrogen and oxygen atoms in total. The van der Waals surface area contributed by atoms with E-state index in [0.29, 0.717) is 6.07 Å². The normalized spacial score (nSPS) is 14.8. The fraction of sp³-hybridized carbons (Fsp3) is 0.321. The molecule has 0 saturated carbocycles. The van der Waals surface area contributed by atoms with Gasteiger partial charge in [-0.05, 0) is 17.5 Å². The molecule has 2 aromatic carbocycles. The zero-order valence-corrected chi connectivity index (χ0v) is 21.9. The maximum atomic E-state index is 15.3. The highest BCUT2D eigenvalue weighted by molar-refractivity contribution is 6.00. The molecule has 0 radical (unpaired) electrons. The largest absolute Gasteiger partial charge is 0.436 e. The van der Waals surface area contributed by atoms with Gasteiger partial charge in [0.05, 0.1) is 6.20 Å². The van der Waals surface area contributed by atoms with E-state index in [9.17, 15) is 31.1 Å². The highest BCUT2D eigenvalue weighted by Gasteiger charge is 2.41. The lowest BCUT2D eigenvalue weighted by atomic mass is 10.0. The molecule has 13 heteroatoms. The van der Waals surface area contributed by atoms with Crippen molar-refractivity contribution in [1.82, 2.24) is 24.4 Å². The average molecular weight is 580 g/mol. The standard InChI is InChI=1S/C28H24F7N5O/c1-15(2)16-3-5-17(6-4-16)24-23(32)25(28(33,34)35)40-26(37-24)20(13-36-40)27(41)39-9-7-38(8-10-39)14-18-11-19(29)12-21(30)22(18)31/h3-6,11-13,15H,7-10,14H2,1-2H3. The van der Waals surface area contributed by atoms with E-state index in [0.717, 1.165) is 17.8 Å². The second-order valence-electron chi connectivity index (χ2n) is 10.1. The summed E-state index contributed by atoms with van der Waals surface area (Å²) in [5.74, 6) is -5.53. The fourth-order valence-corrected chi connectivity index (χ4v) is 4.83. The first-order valence-corrected chi connectivity index (χ1v) is 12.7. The summed E-state index contributed by atoms with van der Waals surface area (Å²) in [6.07, 6.45) is -4.22. The van der Waals surface area contributed by atoms with Gasteiger partial charge >= 0.3 is 6.18 Å². The van der Waals surface area contributed by atoms with Crippen LogP contribution in [0.15, 0.2) is 42.6 Å². The number of aromatic nitrogens is 3. The number of amides is 1. The van der Waals surface area contributed by atoms with Gasteiger partial charge in [0, 0.05) is 49.9 Å². The van der Waals surface area contributed by atoms with Gasteiger partial charge in [-0.2, -0.15) is 18.3 Å². The molecule has 216 valence electrons. The lowest BCUT2D eigenvalue weighted by Crippen LogP contribution is -2.48. The summed E-state index contributed by atoms with van der Waals surface area (Å²) in [6.45, 7) is 4.35. The highest BCUT2D eigenvalue weighted by Crippen LogP contribution is 2.36. The van der Waals surface area contributed by atoms with Gasteiger partial charge in [-0.1, -0.05) is 38.1 Å². The van der Waals surface area contributed by atoms with Gasteiger partial charge < -0.3 is 4.90 Å². The minimum atomic E-state index is -5.14. The number of alkyl halides is 3. The predicted octanol–water partition coefficient (Wildman–Crippen LogP) is 6.05. The number of halogens is 7. The Balaban J connectivity index is 1.43. The lowest BCUT2D eigenvalue weighted by Gasteiger charge is -2.34. The van der Waals surface area contributed by atoms with E-state index in [2.05, 4.69) is 10.1 Å². The molecule has 5 rings (SSSR count). The second-order valence-corrected chi connectivity index (χ2v) is 10.1. The minimum absolute atomic E-state index is 0.0897. The molecular formula is C28H24F7N5O. The molecule has 2 aromatic heterocycles. The van der Waals surface area contributed by atoms with Crippen LogP contribution in [0.4, 0.5) is 30.7 Å². The number of benzene rings is 2. The summed E-state index contributed by atoms with van der Waals surface area (Å²) in [4.78, 5) is 20.5. The predicted molar refractivity (Wildman–Crippen MR) is 135 cm³/mol. The topological polar surface area (TPSA) is 53.7 Å². The maximum Gasteiger partial charge on any atom is 0.436 e. The van der Waals surface area contributed by atoms with Crippen LogP contribution < -0.4 is 0 Å². The van der Waals surface area contributed by atoms with Crippen LogP contribution in [-0.4, -0.2) is 56.5 Å². The Labute approximate surface area is 230 Å². The quantitative estimate of drug-likeness (QED) is 0.213. The van der Waals surface area contributed by atoms with Gasteiger partial charge in [-0.3, -0.25) is 9.69 Å². The molecular weight excluding hydrogens is 555 g/mol. The first kappa shape index (κ1) is 28.5. The van der Waals surface area contributed by atoms with Crippen LogP contribution in [0.3, 0.4) is 0 Å². The van der Waals surface area contributed by atoms with Gasteiger partial charge in [0.15, 0.2) is 28.8 Å². The molecule has 1 amide bonds. The number of fused-ring (bicyclic) bond motifs is 1. The molecule has 0 N–H and O–H groups in total. The zero-order valence-electron chi connectivity index (χ0n) is 21.9. The SMILES string of the molecule is CC(C)c1ccc(-c2nc3c(C(=O)N4CCN(Cc5cc(F)cc(F)c5F)CC4)cnn3c(C(F)(F)F)c2F)cc1. The molecule has 3 heterocycles. The Morgan fingerprint density at radius 1 is 0.951 bits per heavy atom. The molecule has 1 aliphatic rings. The molecule has 0 aliphatic carbocycles. The van der Waals surface area contributed by atoms with E-state index in [-0.39, 0.29) is 59.8 Å². The van der Waals surface area contributed by atoms with Crippen molar-refractivity contribution in [2.45, 2.75) is 32.5 Å². The van der Waals surface area contributed by atoms with Crippen molar-refractivity contribution in [3.8, 4) is 11.3 Å². The van der Waals surface area contributed by atoms with Crippen LogP contribution in [0, 0.1) is 23.3 Å². The third-order valence-electron chi connectivity index (χ3n) is 7.06. The molecule has 1 aliphatic heterocycles. The van der Waals surface area contributed by atoms with E-state index in [4.69, 9.17) is 0 Å². The van der Waals surface area contributed by atoms with Crippen molar-refractivity contribution in [3.05, 3.63) is 88.2 Å². The number of hydrogen-bond acceptors (Lipinski definition) is 4. The van der Waals surface area contributed by atoms with Crippen molar-refractivity contribution >= 4 is 11.6 Å². The summed E-state index contributed by atoms with van der Waals surface area (Å²) >= 11 is 0. The van der Waals surface area contributed by atoms with Crippen LogP contribution >= 0.6 is 0 Å². The Morgan fingerprint density at radius 3 is 2.22 bits per heavy atom. The lowest BCUT2D eigenvalue weighted by molar-refractivity contribution is -0.145. The zero-order chi connectivity index (χ0) is 29.6. The average Bonchev–Trinajstić information content (AvgIpc) is 3.33. The monoisotopic (exact) mass is 579 g/mol. The summed E-state index contributed by atoms with van der Waals surface area (Å²) < 4.78 is 98.8. The van der Waals surface area contributed by atoms with E-state index >= 15 is 4.39 Å². The van der Waals surface area contributed by atoms with Crippen molar-refractivity contribution in [2.75, 3.05) is 26.2 Å². The van der Waals surface area contributed by atoms with Crippen molar-refractivity contribution in [2.24, 2.45) is 0 Å². The summed E-state index contributed by atoms with van der Waals surface area (Å²) in [5.41, 5.74) is -2.12. The third-order valence-corrected chi connectivity index (χ3v) is 7.06. The first-order chi connectivity index (χ1) is 19.3. The second kappa shape index (κ2) is 10.8. The molecule has 1 fully saturated rings. The van der Waals surface area contributed by atoms with Gasteiger partial charge in [0.25, 0.3) is 5.91 Å². The van der Waals surface area contributed by atoms with Crippen LogP contribution in [-0.2, 0) is 12.7 Å². The number of carbonyl (C=O) groups excluding carboxylic acids is 1. The highest BCUT2D eigenvalue weighted by atomic mass is 19.4. The number of hydrogen-bond donors (Lipinski definition) is 0. The smallest absolute Gasteiger partial charge is 0.336 e. The van der Waals surface area contributed by atoms with Crippen molar-refractivity contribution in [3.63, 3.8) is 0 Å². The number of carbonyl (C=O) groups is 1. The Hall–Kier alpha value is -4.00. The molecule has 0 bridgehead atoms. The number of nitrogens with zero attached hydrogens (tertiary/aromatic N) is 5. The molecule has 4 aromatic rings. The first-order valence-electron chi connectivity index (χ1n) is 12.7. The summed E-state index contributed by atoms with van der Waals surface area (Å²) in [6, 6.07) is 7.63. The molecule has 0 unspecified atom stereocenters. The van der Waals surface area contributed by atoms with E-state index in [1.165, 1.54) is 17.0 Å². The Morgan fingerprint density at radius 2 is 1.61 bits per heavy atom. The summed E-state index contributed by atoms with van der Waals surface area (Å²) in [5, 5.41) is 3.65. The number of piperazine rings is 1. The molecule has 0 atom stereocenters. The van der Waals surface area contributed by atoms with Crippen LogP contribution in [0.2, 0.25) is 0 Å². The molecule has 41 heavy (non-hydrogen) atoms. The Kier molecular flexibility index (Phi) is 7.49. The fourth-order valence-electron chi connectivity index (χ4n) is 4.83. The van der Waals surface area contributed by atoms with E-state index in [1.54, 1.807) is 17.0 Å². The van der Waals surface area contributed by atoms with Crippen molar-refractivity contribution < 1.29 is 35.5 Å². The van der Waals surface area contributed by atoms with Crippen LogP contribution in [0.5, 0.6) is 0 Å². The van der Waals surface area contributed by atoms with Gasteiger partial charge in [-0.15, -0.1) is 0 Å². The molecule has 0 spiro atoms.